The Hall–Kier alpha value is -2.61. The molecule has 22 heavy (non-hydrogen) atoms. The van der Waals surface area contributed by atoms with Crippen molar-refractivity contribution in [1.82, 2.24) is 19.6 Å². The fourth-order valence-electron chi connectivity index (χ4n) is 2.94. The maximum Gasteiger partial charge on any atom is 0.407 e. The first kappa shape index (κ1) is 13.1. The number of fused-ring (bicyclic) bond motifs is 2. The number of ether oxygens (including phenoxy) is 1. The lowest BCUT2D eigenvalue weighted by atomic mass is 10.2. The molecule has 2 aliphatic rings. The number of imidazole rings is 1. The molecule has 2 amide bonds. The van der Waals surface area contributed by atoms with Gasteiger partial charge in [-0.1, -0.05) is 6.07 Å². The molecule has 0 saturated carbocycles. The van der Waals surface area contributed by atoms with Crippen LogP contribution in [0.3, 0.4) is 0 Å². The van der Waals surface area contributed by atoms with Gasteiger partial charge in [0.25, 0.3) is 5.91 Å². The lowest BCUT2D eigenvalue weighted by Gasteiger charge is -2.15. The van der Waals surface area contributed by atoms with E-state index in [1.165, 1.54) is 0 Å². The van der Waals surface area contributed by atoms with Crippen LogP contribution in [0.1, 0.15) is 16.1 Å². The highest BCUT2D eigenvalue weighted by atomic mass is 16.6. The van der Waals surface area contributed by atoms with Crippen LogP contribution >= 0.6 is 0 Å². The molecule has 0 aromatic carbocycles. The Morgan fingerprint density at radius 2 is 2.27 bits per heavy atom. The molecule has 3 N–H and O–H groups in total. The predicted molar refractivity (Wildman–Crippen MR) is 76.2 cm³/mol. The Morgan fingerprint density at radius 3 is 3.05 bits per heavy atom. The number of pyridine rings is 1. The van der Waals surface area contributed by atoms with E-state index < -0.39 is 6.09 Å². The van der Waals surface area contributed by atoms with Crippen LogP contribution in [-0.4, -0.2) is 51.5 Å². The monoisotopic (exact) mass is 301 g/mol. The third kappa shape index (κ3) is 2.00. The molecule has 2 aliphatic heterocycles. The average Bonchev–Trinajstić information content (AvgIpc) is 3.17. The number of likely N-dealkylation sites (tertiary alicyclic amines) is 1. The van der Waals surface area contributed by atoms with E-state index in [9.17, 15) is 9.59 Å². The van der Waals surface area contributed by atoms with Crippen molar-refractivity contribution in [3.8, 4) is 0 Å². The molecule has 8 nitrogen and oxygen atoms in total. The SMILES string of the molecule is NCc1ccc2nc(C(=O)N3C[C@@H]4NC(=O)O[C@@H]4C3)cn2c1. The number of rotatable bonds is 2. The molecule has 2 saturated heterocycles. The first-order valence-electron chi connectivity index (χ1n) is 7.08. The van der Waals surface area contributed by atoms with Crippen LogP contribution in [0.2, 0.25) is 0 Å². The second-order valence-electron chi connectivity index (χ2n) is 5.54. The first-order valence-corrected chi connectivity index (χ1v) is 7.08. The molecule has 0 radical (unpaired) electrons. The van der Waals surface area contributed by atoms with Crippen molar-refractivity contribution >= 4 is 17.6 Å². The fraction of sp³-hybridized carbons (Fsp3) is 0.357. The summed E-state index contributed by atoms with van der Waals surface area (Å²) in [5, 5.41) is 2.70. The Labute approximate surface area is 125 Å². The van der Waals surface area contributed by atoms with Crippen molar-refractivity contribution < 1.29 is 14.3 Å². The topological polar surface area (TPSA) is 102 Å². The second kappa shape index (κ2) is 4.70. The molecule has 0 spiro atoms. The zero-order chi connectivity index (χ0) is 15.3. The summed E-state index contributed by atoms with van der Waals surface area (Å²) in [5.41, 5.74) is 7.66. The molecule has 2 aromatic rings. The number of nitrogens with one attached hydrogen (secondary N) is 1. The molecular weight excluding hydrogens is 286 g/mol. The quantitative estimate of drug-likeness (QED) is 0.794. The molecule has 0 bridgehead atoms. The van der Waals surface area contributed by atoms with Crippen LogP contribution in [0.25, 0.3) is 5.65 Å². The Bertz CT molecular complexity index is 755. The van der Waals surface area contributed by atoms with Gasteiger partial charge in [-0.05, 0) is 11.6 Å². The Kier molecular flexibility index (Phi) is 2.80. The van der Waals surface area contributed by atoms with Crippen molar-refractivity contribution in [3.63, 3.8) is 0 Å². The number of alkyl carbamates (subject to hydrolysis) is 1. The van der Waals surface area contributed by atoms with Crippen molar-refractivity contribution in [2.45, 2.75) is 18.7 Å². The van der Waals surface area contributed by atoms with Gasteiger partial charge in [0.15, 0.2) is 0 Å². The number of hydrogen-bond donors (Lipinski definition) is 2. The van der Waals surface area contributed by atoms with Gasteiger partial charge in [-0.15, -0.1) is 0 Å². The second-order valence-corrected chi connectivity index (χ2v) is 5.54. The molecule has 4 heterocycles. The van der Waals surface area contributed by atoms with E-state index in [4.69, 9.17) is 10.5 Å². The van der Waals surface area contributed by atoms with E-state index in [1.807, 2.05) is 18.3 Å². The van der Waals surface area contributed by atoms with Gasteiger partial charge in [0, 0.05) is 25.5 Å². The number of carbonyl (C=O) groups is 2. The largest absolute Gasteiger partial charge is 0.442 e. The summed E-state index contributed by atoms with van der Waals surface area (Å²) in [4.78, 5) is 29.7. The Morgan fingerprint density at radius 1 is 1.41 bits per heavy atom. The van der Waals surface area contributed by atoms with Gasteiger partial charge in [-0.25, -0.2) is 9.78 Å². The summed E-state index contributed by atoms with van der Waals surface area (Å²) in [6, 6.07) is 3.60. The lowest BCUT2D eigenvalue weighted by molar-refractivity contribution is 0.0741. The zero-order valence-electron chi connectivity index (χ0n) is 11.7. The molecule has 4 rings (SSSR count). The van der Waals surface area contributed by atoms with E-state index in [-0.39, 0.29) is 18.1 Å². The van der Waals surface area contributed by atoms with Gasteiger partial charge in [0.2, 0.25) is 0 Å². The lowest BCUT2D eigenvalue weighted by Crippen LogP contribution is -2.35. The Balaban J connectivity index is 1.57. The molecule has 0 aliphatic carbocycles. The van der Waals surface area contributed by atoms with Crippen LogP contribution < -0.4 is 11.1 Å². The van der Waals surface area contributed by atoms with E-state index in [0.717, 1.165) is 5.56 Å². The summed E-state index contributed by atoms with van der Waals surface area (Å²) in [7, 11) is 0. The normalized spacial score (nSPS) is 23.5. The summed E-state index contributed by atoms with van der Waals surface area (Å²) in [6.45, 7) is 1.27. The number of carbonyl (C=O) groups excluding carboxylic acids is 2. The van der Waals surface area contributed by atoms with Gasteiger partial charge < -0.3 is 25.1 Å². The average molecular weight is 301 g/mol. The highest BCUT2D eigenvalue weighted by molar-refractivity contribution is 5.93. The first-order chi connectivity index (χ1) is 10.6. The molecular formula is C14H15N5O3. The number of nitrogens with zero attached hydrogens (tertiary/aromatic N) is 3. The number of aromatic nitrogens is 2. The van der Waals surface area contributed by atoms with Crippen molar-refractivity contribution in [1.29, 1.82) is 0 Å². The molecule has 2 fully saturated rings. The maximum atomic E-state index is 12.5. The van der Waals surface area contributed by atoms with Crippen molar-refractivity contribution in [2.24, 2.45) is 5.73 Å². The number of hydrogen-bond acceptors (Lipinski definition) is 5. The smallest absolute Gasteiger partial charge is 0.407 e. The molecule has 8 heteroatoms. The summed E-state index contributed by atoms with van der Waals surface area (Å²) in [6.07, 6.45) is 2.88. The standard InChI is InChI=1S/C14H15N5O3/c15-3-8-1-2-12-16-10(6-18(12)4-8)13(20)19-5-9-11(7-19)22-14(21)17-9/h1-2,4,6,9,11H,3,5,7,15H2,(H,17,21)/t9-,11+/m0/s1. The van der Waals surface area contributed by atoms with E-state index >= 15 is 0 Å². The molecule has 2 aromatic heterocycles. The highest BCUT2D eigenvalue weighted by Crippen LogP contribution is 2.21. The van der Waals surface area contributed by atoms with Gasteiger partial charge >= 0.3 is 6.09 Å². The third-order valence-electron chi connectivity index (χ3n) is 4.08. The van der Waals surface area contributed by atoms with Gasteiger partial charge in [0.05, 0.1) is 12.6 Å². The minimum Gasteiger partial charge on any atom is -0.442 e. The predicted octanol–water partition coefficient (Wildman–Crippen LogP) is -0.274. The van der Waals surface area contributed by atoms with Crippen molar-refractivity contribution in [2.75, 3.05) is 13.1 Å². The molecule has 0 unspecified atom stereocenters. The number of amides is 2. The maximum absolute atomic E-state index is 12.5. The van der Waals surface area contributed by atoms with E-state index in [1.54, 1.807) is 15.5 Å². The van der Waals surface area contributed by atoms with Crippen LogP contribution in [0, 0.1) is 0 Å². The van der Waals surface area contributed by atoms with Gasteiger partial charge in [0.1, 0.15) is 17.4 Å². The zero-order valence-corrected chi connectivity index (χ0v) is 11.7. The molecule has 114 valence electrons. The van der Waals surface area contributed by atoms with E-state index in [2.05, 4.69) is 10.3 Å². The minimum atomic E-state index is -0.413. The summed E-state index contributed by atoms with van der Waals surface area (Å²) < 4.78 is 6.90. The van der Waals surface area contributed by atoms with Gasteiger partial charge in [-0.2, -0.15) is 0 Å². The van der Waals surface area contributed by atoms with Crippen LogP contribution in [0.4, 0.5) is 4.79 Å². The van der Waals surface area contributed by atoms with Crippen LogP contribution in [-0.2, 0) is 11.3 Å². The fourth-order valence-corrected chi connectivity index (χ4v) is 2.94. The summed E-state index contributed by atoms with van der Waals surface area (Å²) in [5.74, 6) is -0.162. The van der Waals surface area contributed by atoms with Crippen molar-refractivity contribution in [3.05, 3.63) is 35.8 Å². The van der Waals surface area contributed by atoms with E-state index in [0.29, 0.717) is 31.0 Å². The van der Waals surface area contributed by atoms with Crippen LogP contribution in [0.15, 0.2) is 24.5 Å². The number of nitrogens with two attached hydrogens (primary N) is 1. The minimum absolute atomic E-state index is 0.127. The highest BCUT2D eigenvalue weighted by Gasteiger charge is 2.43. The third-order valence-corrected chi connectivity index (χ3v) is 4.08. The van der Waals surface area contributed by atoms with Crippen LogP contribution in [0.5, 0.6) is 0 Å². The van der Waals surface area contributed by atoms with Gasteiger partial charge in [-0.3, -0.25) is 4.79 Å². The summed E-state index contributed by atoms with van der Waals surface area (Å²) >= 11 is 0. The molecule has 2 atom stereocenters.